The largest absolute Gasteiger partial charge is 0.491 e. The minimum absolute atomic E-state index is 0.242. The Morgan fingerprint density at radius 3 is 1.31 bits per heavy atom. The van der Waals surface area contributed by atoms with Crippen LogP contribution in [0.5, 0.6) is 11.5 Å². The molecule has 0 amide bonds. The Bertz CT molecular complexity index is 1010. The van der Waals surface area contributed by atoms with E-state index in [1.54, 1.807) is 27.7 Å². The fraction of sp³-hybridized carbons (Fsp3) is 0.419. The van der Waals surface area contributed by atoms with Gasteiger partial charge in [0, 0.05) is 16.6 Å². The fourth-order valence-electron chi connectivity index (χ4n) is 3.42. The molecule has 8 heteroatoms. The van der Waals surface area contributed by atoms with E-state index < -0.39 is 24.5 Å². The number of esters is 2. The zero-order valence-corrected chi connectivity index (χ0v) is 23.8. The molecule has 2 unspecified atom stereocenters. The van der Waals surface area contributed by atoms with Crippen molar-refractivity contribution in [3.63, 3.8) is 0 Å². The van der Waals surface area contributed by atoms with Crippen molar-refractivity contribution in [2.24, 2.45) is 0 Å². The highest BCUT2D eigenvalue weighted by Crippen LogP contribution is 2.33. The van der Waals surface area contributed by atoms with E-state index in [9.17, 15) is 9.59 Å². The van der Waals surface area contributed by atoms with Crippen LogP contribution >= 0.6 is 0 Å². The molecule has 0 heterocycles. The lowest BCUT2D eigenvalue weighted by atomic mass is 9.78. The van der Waals surface area contributed by atoms with E-state index in [0.29, 0.717) is 24.4 Å². The summed E-state index contributed by atoms with van der Waals surface area (Å²) in [5.74, 6) is 0.478. The van der Waals surface area contributed by atoms with Crippen molar-refractivity contribution in [2.75, 3.05) is 26.4 Å². The molecular weight excluding hydrogens is 500 g/mol. The highest BCUT2D eigenvalue weighted by Gasteiger charge is 2.23. The molecule has 39 heavy (non-hydrogen) atoms. The maximum absolute atomic E-state index is 11.5. The zero-order valence-electron chi connectivity index (χ0n) is 23.8. The molecule has 0 aliphatic rings. The van der Waals surface area contributed by atoms with Gasteiger partial charge in [0.15, 0.2) is 0 Å². The number of carbonyl (C=O) groups is 2. The van der Waals surface area contributed by atoms with Gasteiger partial charge in [0.1, 0.15) is 24.7 Å². The summed E-state index contributed by atoms with van der Waals surface area (Å²) in [6.45, 7) is 19.1. The monoisotopic (exact) mass is 540 g/mol. The van der Waals surface area contributed by atoms with Crippen LogP contribution in [-0.2, 0) is 34.0 Å². The van der Waals surface area contributed by atoms with E-state index >= 15 is 0 Å². The molecule has 0 aromatic heterocycles. The number of rotatable bonds is 16. The van der Waals surface area contributed by atoms with Crippen molar-refractivity contribution in [2.45, 2.75) is 59.5 Å². The number of benzene rings is 2. The average molecular weight is 541 g/mol. The average Bonchev–Trinajstić information content (AvgIpc) is 2.89. The summed E-state index contributed by atoms with van der Waals surface area (Å²) in [7, 11) is 0. The van der Waals surface area contributed by atoms with Gasteiger partial charge in [0.2, 0.25) is 12.6 Å². The van der Waals surface area contributed by atoms with E-state index in [4.69, 9.17) is 28.4 Å². The van der Waals surface area contributed by atoms with Crippen LogP contribution in [0.25, 0.3) is 0 Å². The second kappa shape index (κ2) is 15.1. The van der Waals surface area contributed by atoms with Crippen LogP contribution in [0.1, 0.15) is 52.7 Å². The first kappa shape index (κ1) is 31.6. The van der Waals surface area contributed by atoms with Crippen molar-refractivity contribution in [1.82, 2.24) is 0 Å². The Kier molecular flexibility index (Phi) is 12.2. The topological polar surface area (TPSA) is 89.5 Å². The summed E-state index contributed by atoms with van der Waals surface area (Å²) in [6, 6.07) is 15.9. The summed E-state index contributed by atoms with van der Waals surface area (Å²) in [5, 5.41) is 0. The summed E-state index contributed by atoms with van der Waals surface area (Å²) in [5.41, 5.74) is 2.67. The van der Waals surface area contributed by atoms with Gasteiger partial charge in [-0.3, -0.25) is 0 Å². The fourth-order valence-corrected chi connectivity index (χ4v) is 3.42. The van der Waals surface area contributed by atoms with Crippen molar-refractivity contribution in [1.29, 1.82) is 0 Å². The molecule has 0 aliphatic carbocycles. The molecule has 8 nitrogen and oxygen atoms in total. The lowest BCUT2D eigenvalue weighted by Crippen LogP contribution is -2.21. The Balaban J connectivity index is 1.79. The molecule has 2 aromatic rings. The first-order valence-electron chi connectivity index (χ1n) is 12.8. The quantitative estimate of drug-likeness (QED) is 0.115. The van der Waals surface area contributed by atoms with E-state index in [2.05, 4.69) is 27.0 Å². The molecule has 0 fully saturated rings. The maximum atomic E-state index is 11.5. The summed E-state index contributed by atoms with van der Waals surface area (Å²) >= 11 is 0. The Morgan fingerprint density at radius 1 is 0.667 bits per heavy atom. The number of ether oxygens (including phenoxy) is 6. The van der Waals surface area contributed by atoms with E-state index in [-0.39, 0.29) is 18.6 Å². The zero-order chi connectivity index (χ0) is 29.0. The van der Waals surface area contributed by atoms with Gasteiger partial charge in [0.05, 0.1) is 13.2 Å². The van der Waals surface area contributed by atoms with Crippen LogP contribution in [0.4, 0.5) is 0 Å². The number of hydrogen-bond donors (Lipinski definition) is 0. The lowest BCUT2D eigenvalue weighted by Gasteiger charge is -2.26. The van der Waals surface area contributed by atoms with Gasteiger partial charge in [-0.05, 0) is 63.1 Å². The van der Waals surface area contributed by atoms with Crippen molar-refractivity contribution in [3.8, 4) is 11.5 Å². The van der Waals surface area contributed by atoms with Crippen molar-refractivity contribution in [3.05, 3.63) is 84.0 Å². The molecule has 2 rings (SSSR count). The van der Waals surface area contributed by atoms with E-state index in [1.807, 2.05) is 48.5 Å². The molecule has 0 saturated heterocycles. The highest BCUT2D eigenvalue weighted by atomic mass is 16.7. The molecule has 0 aliphatic heterocycles. The molecular formula is C31H40O8. The predicted molar refractivity (Wildman–Crippen MR) is 149 cm³/mol. The van der Waals surface area contributed by atoms with Gasteiger partial charge in [-0.15, -0.1) is 0 Å². The number of hydrogen-bond acceptors (Lipinski definition) is 8. The standard InChI is InChI=1S/C31H40O8/c1-21(2)29(32)38-23(5)34-17-19-36-27-13-9-25(10-14-27)31(7,8)26-11-15-28(16-12-26)37-20-18-35-24(6)39-30(33)22(3)4/h9-16,23-24H,1,3,17-20H2,2,4-8H3. The van der Waals surface area contributed by atoms with Gasteiger partial charge in [0.25, 0.3) is 0 Å². The van der Waals surface area contributed by atoms with Crippen LogP contribution in [0.2, 0.25) is 0 Å². The van der Waals surface area contributed by atoms with Gasteiger partial charge in [-0.1, -0.05) is 51.3 Å². The summed E-state index contributed by atoms with van der Waals surface area (Å²) in [4.78, 5) is 23.0. The molecule has 2 atom stereocenters. The van der Waals surface area contributed by atoms with E-state index in [1.165, 1.54) is 0 Å². The predicted octanol–water partition coefficient (Wildman–Crippen LogP) is 5.73. The van der Waals surface area contributed by atoms with E-state index in [0.717, 1.165) is 22.6 Å². The van der Waals surface area contributed by atoms with Gasteiger partial charge >= 0.3 is 11.9 Å². The second-order valence-electron chi connectivity index (χ2n) is 9.62. The maximum Gasteiger partial charge on any atom is 0.335 e. The number of carbonyl (C=O) groups excluding carboxylic acids is 2. The van der Waals surface area contributed by atoms with Crippen LogP contribution in [-0.4, -0.2) is 50.9 Å². The van der Waals surface area contributed by atoms with Crippen LogP contribution in [0.15, 0.2) is 72.8 Å². The summed E-state index contributed by atoms with van der Waals surface area (Å²) < 4.78 is 32.5. The second-order valence-corrected chi connectivity index (χ2v) is 9.62. The van der Waals surface area contributed by atoms with Crippen LogP contribution in [0.3, 0.4) is 0 Å². The molecule has 0 bridgehead atoms. The van der Waals surface area contributed by atoms with Gasteiger partial charge in [-0.25, -0.2) is 9.59 Å². The third-order valence-corrected chi connectivity index (χ3v) is 5.80. The molecule has 0 N–H and O–H groups in total. The minimum Gasteiger partial charge on any atom is -0.491 e. The molecule has 0 spiro atoms. The first-order chi connectivity index (χ1) is 18.4. The Morgan fingerprint density at radius 2 is 1.00 bits per heavy atom. The molecule has 2 aromatic carbocycles. The van der Waals surface area contributed by atoms with Crippen LogP contribution < -0.4 is 9.47 Å². The SMILES string of the molecule is C=C(C)C(=O)OC(C)OCCOc1ccc(C(C)(C)c2ccc(OCCOC(C)OC(=O)C(=C)C)cc2)cc1. The first-order valence-corrected chi connectivity index (χ1v) is 12.8. The summed E-state index contributed by atoms with van der Waals surface area (Å²) in [6.07, 6.45) is -1.35. The minimum atomic E-state index is -0.673. The van der Waals surface area contributed by atoms with Gasteiger partial charge in [-0.2, -0.15) is 0 Å². The van der Waals surface area contributed by atoms with Crippen molar-refractivity contribution >= 4 is 11.9 Å². The van der Waals surface area contributed by atoms with Gasteiger partial charge < -0.3 is 28.4 Å². The molecule has 0 radical (unpaired) electrons. The van der Waals surface area contributed by atoms with Crippen LogP contribution in [0, 0.1) is 0 Å². The normalized spacial score (nSPS) is 12.7. The van der Waals surface area contributed by atoms with Crippen molar-refractivity contribution < 1.29 is 38.0 Å². The molecule has 0 saturated carbocycles. The third kappa shape index (κ3) is 10.6. The smallest absolute Gasteiger partial charge is 0.335 e. The highest BCUT2D eigenvalue weighted by molar-refractivity contribution is 5.87. The lowest BCUT2D eigenvalue weighted by molar-refractivity contribution is -0.172. The third-order valence-electron chi connectivity index (χ3n) is 5.80. The molecule has 212 valence electrons. The Hall–Kier alpha value is -3.62. The Labute approximate surface area is 231 Å².